The Hall–Kier alpha value is -1.57. The van der Waals surface area contributed by atoms with Gasteiger partial charge in [-0.1, -0.05) is 18.2 Å². The summed E-state index contributed by atoms with van der Waals surface area (Å²) in [6.07, 6.45) is 0. The first-order valence-corrected chi connectivity index (χ1v) is 9.29. The van der Waals surface area contributed by atoms with E-state index < -0.39 is 0 Å². The monoisotopic (exact) mass is 444 g/mol. The third-order valence-corrected chi connectivity index (χ3v) is 4.57. The molecule has 3 rings (SSSR count). The SMILES string of the molecule is COc1cc(CNCCN2CCOCC2)ccc1OCc1ccc(F)cc1.[Cl-].[Cl-]. The fourth-order valence-electron chi connectivity index (χ4n) is 2.98. The van der Waals surface area contributed by atoms with Crippen molar-refractivity contribution in [2.75, 3.05) is 46.5 Å². The third kappa shape index (κ3) is 8.36. The van der Waals surface area contributed by atoms with E-state index in [2.05, 4.69) is 10.2 Å². The molecule has 8 heteroatoms. The lowest BCUT2D eigenvalue weighted by Gasteiger charge is -2.26. The Bertz CT molecular complexity index is 714. The maximum atomic E-state index is 13.0. The number of halogens is 3. The number of methoxy groups -OCH3 is 1. The number of ether oxygens (including phenoxy) is 3. The van der Waals surface area contributed by atoms with Gasteiger partial charge in [-0.3, -0.25) is 4.90 Å². The summed E-state index contributed by atoms with van der Waals surface area (Å²) in [5.41, 5.74) is 2.05. The molecule has 1 saturated heterocycles. The van der Waals surface area contributed by atoms with Crippen LogP contribution in [0.15, 0.2) is 42.5 Å². The van der Waals surface area contributed by atoms with E-state index in [0.29, 0.717) is 18.1 Å². The standard InChI is InChI=1S/C21H27FN2O3.2ClH/c1-25-21-14-18(15-23-8-9-24-10-12-26-13-11-24)4-7-20(21)27-16-17-2-5-19(22)6-3-17;;/h2-7,14,23H,8-13,15-16H2,1H3;2*1H/p-2. The molecule has 0 spiro atoms. The number of benzene rings is 2. The number of nitrogens with zero attached hydrogens (tertiary/aromatic N) is 1. The van der Waals surface area contributed by atoms with Crippen molar-refractivity contribution in [3.05, 3.63) is 59.4 Å². The molecule has 2 aromatic carbocycles. The van der Waals surface area contributed by atoms with Gasteiger partial charge in [-0.25, -0.2) is 4.39 Å². The Morgan fingerprint density at radius 3 is 2.38 bits per heavy atom. The molecule has 1 aliphatic rings. The van der Waals surface area contributed by atoms with Crippen molar-refractivity contribution in [1.82, 2.24) is 10.2 Å². The first-order chi connectivity index (χ1) is 13.2. The minimum atomic E-state index is -0.248. The second-order valence-electron chi connectivity index (χ2n) is 6.53. The van der Waals surface area contributed by atoms with Crippen LogP contribution in [0.4, 0.5) is 4.39 Å². The molecule has 0 bridgehead atoms. The van der Waals surface area contributed by atoms with Gasteiger partial charge in [0.05, 0.1) is 20.3 Å². The summed E-state index contributed by atoms with van der Waals surface area (Å²) < 4.78 is 29.6. The van der Waals surface area contributed by atoms with Crippen LogP contribution in [0.2, 0.25) is 0 Å². The zero-order chi connectivity index (χ0) is 18.9. The second kappa shape index (κ2) is 13.6. The number of hydrogen-bond acceptors (Lipinski definition) is 5. The lowest BCUT2D eigenvalue weighted by atomic mass is 10.2. The van der Waals surface area contributed by atoms with Crippen LogP contribution >= 0.6 is 0 Å². The van der Waals surface area contributed by atoms with Crippen molar-refractivity contribution in [1.29, 1.82) is 0 Å². The predicted octanol–water partition coefficient (Wildman–Crippen LogP) is -3.16. The largest absolute Gasteiger partial charge is 1.00 e. The van der Waals surface area contributed by atoms with Crippen LogP contribution in [-0.4, -0.2) is 51.4 Å². The lowest BCUT2D eigenvalue weighted by molar-refractivity contribution is -0.00100. The van der Waals surface area contributed by atoms with Crippen LogP contribution < -0.4 is 39.6 Å². The van der Waals surface area contributed by atoms with E-state index in [-0.39, 0.29) is 30.6 Å². The molecule has 0 amide bonds. The molecular weight excluding hydrogens is 418 g/mol. The van der Waals surface area contributed by atoms with Crippen LogP contribution in [0, 0.1) is 5.82 Å². The van der Waals surface area contributed by atoms with Crippen molar-refractivity contribution in [3.63, 3.8) is 0 Å². The van der Waals surface area contributed by atoms with E-state index in [1.165, 1.54) is 12.1 Å². The highest BCUT2D eigenvalue weighted by Gasteiger charge is 2.10. The molecule has 0 saturated carbocycles. The summed E-state index contributed by atoms with van der Waals surface area (Å²) in [5.74, 6) is 1.13. The molecule has 1 heterocycles. The van der Waals surface area contributed by atoms with Gasteiger partial charge in [-0.15, -0.1) is 0 Å². The molecule has 0 radical (unpaired) electrons. The van der Waals surface area contributed by atoms with Crippen molar-refractivity contribution in [2.45, 2.75) is 13.2 Å². The van der Waals surface area contributed by atoms with Gasteiger partial charge in [-0.05, 0) is 35.4 Å². The smallest absolute Gasteiger partial charge is 0.161 e. The maximum absolute atomic E-state index is 13.0. The second-order valence-corrected chi connectivity index (χ2v) is 6.53. The zero-order valence-electron chi connectivity index (χ0n) is 16.5. The Morgan fingerprint density at radius 2 is 1.69 bits per heavy atom. The maximum Gasteiger partial charge on any atom is 0.161 e. The summed E-state index contributed by atoms with van der Waals surface area (Å²) in [4.78, 5) is 2.41. The molecule has 0 aromatic heterocycles. The van der Waals surface area contributed by atoms with Crippen molar-refractivity contribution in [2.24, 2.45) is 0 Å². The van der Waals surface area contributed by atoms with Gasteiger partial charge in [0.1, 0.15) is 12.4 Å². The number of nitrogens with one attached hydrogen (secondary N) is 1. The lowest BCUT2D eigenvalue weighted by Crippen LogP contribution is -3.00. The molecule has 1 N–H and O–H groups in total. The third-order valence-electron chi connectivity index (χ3n) is 4.57. The fraction of sp³-hybridized carbons (Fsp3) is 0.429. The number of morpholine rings is 1. The normalized spacial score (nSPS) is 13.9. The summed E-state index contributed by atoms with van der Waals surface area (Å²) in [6.45, 7) is 6.79. The summed E-state index contributed by atoms with van der Waals surface area (Å²) >= 11 is 0. The highest BCUT2D eigenvalue weighted by atomic mass is 35.5. The molecule has 1 aliphatic heterocycles. The van der Waals surface area contributed by atoms with E-state index in [1.807, 2.05) is 18.2 Å². The van der Waals surface area contributed by atoms with E-state index >= 15 is 0 Å². The van der Waals surface area contributed by atoms with E-state index in [1.54, 1.807) is 19.2 Å². The van der Waals surface area contributed by atoms with Crippen molar-refractivity contribution in [3.8, 4) is 11.5 Å². The minimum absolute atomic E-state index is 0. The fourth-order valence-corrected chi connectivity index (χ4v) is 2.98. The Labute approximate surface area is 184 Å². The molecular formula is C21H27Cl2FN2O3-2. The van der Waals surface area contributed by atoms with Crippen molar-refractivity contribution < 1.29 is 43.4 Å². The molecule has 162 valence electrons. The Kier molecular flexibility index (Phi) is 12.0. The first kappa shape index (κ1) is 25.5. The molecule has 0 aliphatic carbocycles. The van der Waals surface area contributed by atoms with Crippen LogP contribution in [0.1, 0.15) is 11.1 Å². The number of hydrogen-bond donors (Lipinski definition) is 1. The summed E-state index contributed by atoms with van der Waals surface area (Å²) in [7, 11) is 1.63. The quantitative estimate of drug-likeness (QED) is 0.413. The first-order valence-electron chi connectivity index (χ1n) is 9.29. The molecule has 0 unspecified atom stereocenters. The van der Waals surface area contributed by atoms with E-state index in [4.69, 9.17) is 14.2 Å². The van der Waals surface area contributed by atoms with Crippen molar-refractivity contribution >= 4 is 0 Å². The topological polar surface area (TPSA) is 43.0 Å². The van der Waals surface area contributed by atoms with Crippen LogP contribution in [0.3, 0.4) is 0 Å². The molecule has 5 nitrogen and oxygen atoms in total. The minimum Gasteiger partial charge on any atom is -1.00 e. The van der Waals surface area contributed by atoms with Gasteiger partial charge in [0, 0.05) is 32.7 Å². The highest BCUT2D eigenvalue weighted by Crippen LogP contribution is 2.28. The van der Waals surface area contributed by atoms with Gasteiger partial charge in [0.25, 0.3) is 0 Å². The summed E-state index contributed by atoms with van der Waals surface area (Å²) in [6, 6.07) is 12.2. The average molecular weight is 445 g/mol. The molecule has 1 fully saturated rings. The van der Waals surface area contributed by atoms with Crippen LogP contribution in [0.5, 0.6) is 11.5 Å². The van der Waals surface area contributed by atoms with Crippen LogP contribution in [0.25, 0.3) is 0 Å². The summed E-state index contributed by atoms with van der Waals surface area (Å²) in [5, 5.41) is 3.47. The average Bonchev–Trinajstić information content (AvgIpc) is 2.72. The Balaban J connectivity index is 0.00000210. The number of rotatable bonds is 9. The van der Waals surface area contributed by atoms with E-state index in [9.17, 15) is 4.39 Å². The van der Waals surface area contributed by atoms with E-state index in [0.717, 1.165) is 57.1 Å². The van der Waals surface area contributed by atoms with Crippen LogP contribution in [-0.2, 0) is 17.9 Å². The molecule has 29 heavy (non-hydrogen) atoms. The van der Waals surface area contributed by atoms with Gasteiger partial charge in [-0.2, -0.15) is 0 Å². The van der Waals surface area contributed by atoms with Gasteiger partial charge in [0.15, 0.2) is 11.5 Å². The predicted molar refractivity (Wildman–Crippen MR) is 103 cm³/mol. The highest BCUT2D eigenvalue weighted by molar-refractivity contribution is 5.43. The Morgan fingerprint density at radius 1 is 1.00 bits per heavy atom. The van der Waals surface area contributed by atoms with Gasteiger partial charge >= 0.3 is 0 Å². The van der Waals surface area contributed by atoms with Gasteiger partial charge in [0.2, 0.25) is 0 Å². The molecule has 0 atom stereocenters. The van der Waals surface area contributed by atoms with Gasteiger partial charge < -0.3 is 44.3 Å². The zero-order valence-corrected chi connectivity index (χ0v) is 18.0. The molecule has 2 aromatic rings.